The van der Waals surface area contributed by atoms with Crippen molar-refractivity contribution in [1.29, 1.82) is 0 Å². The number of benzene rings is 3. The number of para-hydroxylation sites is 2. The fourth-order valence-corrected chi connectivity index (χ4v) is 4.72. The molecule has 8 heteroatoms. The third-order valence-electron chi connectivity index (χ3n) is 6.67. The Labute approximate surface area is 225 Å². The van der Waals surface area contributed by atoms with Crippen LogP contribution in [0.4, 0.5) is 5.69 Å². The van der Waals surface area contributed by atoms with Crippen LogP contribution in [0.25, 0.3) is 0 Å². The summed E-state index contributed by atoms with van der Waals surface area (Å²) in [4.78, 5) is 4.57. The van der Waals surface area contributed by atoms with Gasteiger partial charge in [-0.2, -0.15) is 0 Å². The number of hydrogen-bond donors (Lipinski definition) is 1. The first-order valence-corrected chi connectivity index (χ1v) is 12.9. The van der Waals surface area contributed by atoms with Gasteiger partial charge in [0, 0.05) is 32.7 Å². The lowest BCUT2D eigenvalue weighted by atomic mass is 10.1. The van der Waals surface area contributed by atoms with Crippen LogP contribution in [-0.4, -0.2) is 76.8 Å². The molecule has 0 aromatic heterocycles. The number of hydrogen-bond acceptors (Lipinski definition) is 8. The molecule has 1 aliphatic rings. The number of piperazine rings is 1. The summed E-state index contributed by atoms with van der Waals surface area (Å²) in [6.07, 6.45) is -0.655. The van der Waals surface area contributed by atoms with Gasteiger partial charge >= 0.3 is 0 Å². The Morgan fingerprint density at radius 2 is 1.45 bits per heavy atom. The summed E-state index contributed by atoms with van der Waals surface area (Å²) in [5, 5.41) is 10.8. The fourth-order valence-electron chi connectivity index (χ4n) is 4.72. The Kier molecular flexibility index (Phi) is 9.56. The number of rotatable bonds is 12. The zero-order chi connectivity index (χ0) is 26.9. The van der Waals surface area contributed by atoms with Crippen LogP contribution in [0.2, 0.25) is 0 Å². The topological polar surface area (TPSA) is 72.9 Å². The molecule has 3 aromatic carbocycles. The summed E-state index contributed by atoms with van der Waals surface area (Å²) in [6.45, 7) is 6.42. The molecular weight excluding hydrogens is 484 g/mol. The van der Waals surface area contributed by atoms with Crippen LogP contribution in [0.5, 0.6) is 28.7 Å². The Morgan fingerprint density at radius 1 is 0.763 bits per heavy atom. The number of aryl methyl sites for hydroxylation is 1. The highest BCUT2D eigenvalue weighted by Gasteiger charge is 2.24. The molecule has 38 heavy (non-hydrogen) atoms. The first-order chi connectivity index (χ1) is 18.5. The SMILES string of the molecule is COc1ccccc1N1CCN(CC(O)COc2cc(C)c(OCc3ccccc3)c(OC)c2OC)CC1. The van der Waals surface area contributed by atoms with Crippen molar-refractivity contribution in [1.82, 2.24) is 4.90 Å². The standard InChI is InChI=1S/C30H38N2O6/c1-22-18-27(29(35-3)30(36-4)28(22)38-20-23-10-6-5-7-11-23)37-21-24(33)19-31-14-16-32(17-15-31)25-12-8-9-13-26(25)34-2/h5-13,18,24,33H,14-17,19-21H2,1-4H3. The molecule has 4 rings (SSSR count). The minimum atomic E-state index is -0.655. The molecule has 0 radical (unpaired) electrons. The lowest BCUT2D eigenvalue weighted by Gasteiger charge is -2.37. The van der Waals surface area contributed by atoms with Crippen LogP contribution in [0, 0.1) is 6.92 Å². The maximum atomic E-state index is 10.8. The Hall–Kier alpha value is -3.62. The minimum Gasteiger partial charge on any atom is -0.495 e. The summed E-state index contributed by atoms with van der Waals surface area (Å²) in [5.41, 5.74) is 3.02. The Balaban J connectivity index is 1.33. The van der Waals surface area contributed by atoms with Crippen molar-refractivity contribution >= 4 is 5.69 Å². The molecule has 1 N–H and O–H groups in total. The van der Waals surface area contributed by atoms with E-state index >= 15 is 0 Å². The van der Waals surface area contributed by atoms with Crippen molar-refractivity contribution in [2.24, 2.45) is 0 Å². The molecule has 0 aliphatic carbocycles. The zero-order valence-corrected chi connectivity index (χ0v) is 22.7. The summed E-state index contributed by atoms with van der Waals surface area (Å²) in [5.74, 6) is 2.91. The van der Waals surface area contributed by atoms with Crippen molar-refractivity contribution in [3.8, 4) is 28.7 Å². The number of aliphatic hydroxyl groups excluding tert-OH is 1. The van der Waals surface area contributed by atoms with Crippen molar-refractivity contribution in [2.75, 3.05) is 65.6 Å². The van der Waals surface area contributed by atoms with Gasteiger partial charge < -0.3 is 33.7 Å². The largest absolute Gasteiger partial charge is 0.495 e. The monoisotopic (exact) mass is 522 g/mol. The number of anilines is 1. The van der Waals surface area contributed by atoms with E-state index in [1.807, 2.05) is 61.5 Å². The van der Waals surface area contributed by atoms with E-state index in [0.29, 0.717) is 36.1 Å². The second-order valence-corrected chi connectivity index (χ2v) is 9.29. The molecule has 1 heterocycles. The molecule has 1 saturated heterocycles. The molecule has 204 valence electrons. The minimum absolute atomic E-state index is 0.135. The quantitative estimate of drug-likeness (QED) is 0.380. The molecule has 0 saturated carbocycles. The van der Waals surface area contributed by atoms with Gasteiger partial charge in [-0.3, -0.25) is 4.90 Å². The normalized spacial score (nSPS) is 14.6. The van der Waals surface area contributed by atoms with E-state index in [-0.39, 0.29) is 6.61 Å². The molecule has 1 aliphatic heterocycles. The Morgan fingerprint density at radius 3 is 2.13 bits per heavy atom. The second kappa shape index (κ2) is 13.3. The van der Waals surface area contributed by atoms with Crippen LogP contribution in [0.3, 0.4) is 0 Å². The van der Waals surface area contributed by atoms with Gasteiger partial charge in [0.2, 0.25) is 11.5 Å². The van der Waals surface area contributed by atoms with Crippen LogP contribution < -0.4 is 28.6 Å². The van der Waals surface area contributed by atoms with E-state index < -0.39 is 6.10 Å². The smallest absolute Gasteiger partial charge is 0.207 e. The van der Waals surface area contributed by atoms with Gasteiger partial charge in [-0.15, -0.1) is 0 Å². The van der Waals surface area contributed by atoms with Crippen molar-refractivity contribution in [2.45, 2.75) is 19.6 Å². The van der Waals surface area contributed by atoms with Gasteiger partial charge in [0.25, 0.3) is 0 Å². The predicted molar refractivity (Wildman–Crippen MR) is 148 cm³/mol. The average Bonchev–Trinajstić information content (AvgIpc) is 2.96. The van der Waals surface area contributed by atoms with Gasteiger partial charge in [0.1, 0.15) is 25.1 Å². The van der Waals surface area contributed by atoms with Crippen LogP contribution in [0.15, 0.2) is 60.7 Å². The van der Waals surface area contributed by atoms with Crippen LogP contribution in [0.1, 0.15) is 11.1 Å². The van der Waals surface area contributed by atoms with E-state index in [9.17, 15) is 5.11 Å². The Bertz CT molecular complexity index is 1160. The summed E-state index contributed by atoms with van der Waals surface area (Å²) >= 11 is 0. The number of methoxy groups -OCH3 is 3. The van der Waals surface area contributed by atoms with E-state index in [1.54, 1.807) is 21.3 Å². The van der Waals surface area contributed by atoms with Gasteiger partial charge in [0.05, 0.1) is 27.0 Å². The van der Waals surface area contributed by atoms with E-state index in [1.165, 1.54) is 0 Å². The number of aliphatic hydroxyl groups is 1. The molecule has 1 fully saturated rings. The van der Waals surface area contributed by atoms with Gasteiger partial charge in [0.15, 0.2) is 11.5 Å². The van der Waals surface area contributed by atoms with Gasteiger partial charge in [-0.1, -0.05) is 42.5 Å². The third kappa shape index (κ3) is 6.62. The second-order valence-electron chi connectivity index (χ2n) is 9.29. The van der Waals surface area contributed by atoms with E-state index in [4.69, 9.17) is 23.7 Å². The van der Waals surface area contributed by atoms with Gasteiger partial charge in [-0.05, 0) is 36.2 Å². The van der Waals surface area contributed by atoms with Crippen molar-refractivity contribution < 1.29 is 28.8 Å². The highest BCUT2D eigenvalue weighted by Crippen LogP contribution is 2.46. The summed E-state index contributed by atoms with van der Waals surface area (Å²) in [7, 11) is 4.84. The molecule has 0 bridgehead atoms. The molecule has 1 atom stereocenters. The number of nitrogens with zero attached hydrogens (tertiary/aromatic N) is 2. The van der Waals surface area contributed by atoms with Crippen molar-refractivity contribution in [3.05, 3.63) is 71.8 Å². The molecule has 0 spiro atoms. The van der Waals surface area contributed by atoms with E-state index in [0.717, 1.165) is 48.7 Å². The number of β-amino-alcohol motifs (C(OH)–C–C–N with tert-alkyl or cyclic N) is 1. The summed E-state index contributed by atoms with van der Waals surface area (Å²) < 4.78 is 28.9. The average molecular weight is 523 g/mol. The maximum Gasteiger partial charge on any atom is 0.207 e. The predicted octanol–water partition coefficient (Wildman–Crippen LogP) is 4.16. The third-order valence-corrected chi connectivity index (χ3v) is 6.67. The lowest BCUT2D eigenvalue weighted by molar-refractivity contribution is 0.0650. The van der Waals surface area contributed by atoms with Crippen LogP contribution >= 0.6 is 0 Å². The summed E-state index contributed by atoms with van der Waals surface area (Å²) in [6, 6.07) is 19.9. The molecule has 1 unspecified atom stereocenters. The first kappa shape index (κ1) is 27.4. The highest BCUT2D eigenvalue weighted by molar-refractivity contribution is 5.62. The lowest BCUT2D eigenvalue weighted by Crippen LogP contribution is -2.49. The molecule has 3 aromatic rings. The zero-order valence-electron chi connectivity index (χ0n) is 22.7. The highest BCUT2D eigenvalue weighted by atomic mass is 16.6. The first-order valence-electron chi connectivity index (χ1n) is 12.9. The van der Waals surface area contributed by atoms with Crippen LogP contribution in [-0.2, 0) is 6.61 Å². The molecule has 8 nitrogen and oxygen atoms in total. The fraction of sp³-hybridized carbons (Fsp3) is 0.400. The van der Waals surface area contributed by atoms with E-state index in [2.05, 4.69) is 15.9 Å². The maximum absolute atomic E-state index is 10.8. The number of ether oxygens (including phenoxy) is 5. The van der Waals surface area contributed by atoms with Gasteiger partial charge in [-0.25, -0.2) is 0 Å². The molecule has 0 amide bonds. The van der Waals surface area contributed by atoms with Crippen molar-refractivity contribution in [3.63, 3.8) is 0 Å². The molecular formula is C30H38N2O6.